The molecule has 0 unspecified atom stereocenters. The van der Waals surface area contributed by atoms with Crippen molar-refractivity contribution in [2.24, 2.45) is 18.9 Å². The van der Waals surface area contributed by atoms with Gasteiger partial charge in [-0.05, 0) is 85.5 Å². The summed E-state index contributed by atoms with van der Waals surface area (Å²) >= 11 is 0. The van der Waals surface area contributed by atoms with Crippen molar-refractivity contribution in [3.8, 4) is 0 Å². The predicted octanol–water partition coefficient (Wildman–Crippen LogP) is 6.68. The first-order valence-electron chi connectivity index (χ1n) is 16.6. The molecule has 2 fully saturated rings. The average Bonchev–Trinajstić information content (AvgIpc) is 3.59. The number of hydrogen-bond acceptors (Lipinski definition) is 6. The second-order valence-electron chi connectivity index (χ2n) is 14.9. The molecule has 4 aromatic rings. The van der Waals surface area contributed by atoms with Gasteiger partial charge in [0.2, 0.25) is 0 Å². The quantitative estimate of drug-likeness (QED) is 0.147. The van der Waals surface area contributed by atoms with E-state index >= 15 is 0 Å². The number of ether oxygens (including phenoxy) is 1. The van der Waals surface area contributed by atoms with Crippen LogP contribution in [0.25, 0.3) is 11.0 Å². The Kier molecular flexibility index (Phi) is 9.00. The fourth-order valence-electron chi connectivity index (χ4n) is 7.34. The van der Waals surface area contributed by atoms with E-state index in [-0.39, 0.29) is 11.3 Å². The van der Waals surface area contributed by atoms with E-state index in [0.29, 0.717) is 24.3 Å². The minimum absolute atomic E-state index is 0.193. The molecule has 1 N–H and O–H groups in total. The van der Waals surface area contributed by atoms with E-state index in [1.165, 1.54) is 12.8 Å². The predicted molar refractivity (Wildman–Crippen MR) is 182 cm³/mol. The molecule has 3 aromatic heterocycles. The number of carbonyl (C=O) groups excluding carboxylic acids is 1. The molecule has 1 atom stereocenters. The number of carbonyl (C=O) groups is 1. The van der Waals surface area contributed by atoms with Gasteiger partial charge in [-0.25, -0.2) is 4.98 Å². The Balaban J connectivity index is 1.26. The van der Waals surface area contributed by atoms with E-state index in [0.717, 1.165) is 78.8 Å². The second kappa shape index (κ2) is 12.8. The van der Waals surface area contributed by atoms with E-state index in [9.17, 15) is 4.79 Å². The third kappa shape index (κ3) is 6.93. The molecule has 1 saturated heterocycles. The minimum atomic E-state index is -1.17. The Hall–Kier alpha value is -3.34. The van der Waals surface area contributed by atoms with Crippen LogP contribution in [0.4, 0.5) is 5.69 Å². The van der Waals surface area contributed by atoms with Gasteiger partial charge in [-0.3, -0.25) is 9.69 Å². The normalized spacial score (nSPS) is 22.4. The number of pyridine rings is 1. The van der Waals surface area contributed by atoms with E-state index in [1.54, 1.807) is 6.33 Å². The zero-order valence-electron chi connectivity index (χ0n) is 27.8. The van der Waals surface area contributed by atoms with Crippen LogP contribution >= 0.6 is 0 Å². The van der Waals surface area contributed by atoms with Crippen LogP contribution in [0.5, 0.6) is 0 Å². The van der Waals surface area contributed by atoms with Gasteiger partial charge in [0, 0.05) is 46.7 Å². The highest BCUT2D eigenvalue weighted by atomic mass is 28.3. The number of aryl methyl sites for hydroxylation is 1. The molecule has 240 valence electrons. The molecule has 1 saturated carbocycles. The summed E-state index contributed by atoms with van der Waals surface area (Å²) in [6.45, 7) is 15.9. The van der Waals surface area contributed by atoms with Crippen LogP contribution in [0.15, 0.2) is 48.9 Å². The highest BCUT2D eigenvalue weighted by molar-refractivity contribution is 6.76. The maximum absolute atomic E-state index is 13.8. The molecule has 6 rings (SSSR count). The number of anilines is 1. The van der Waals surface area contributed by atoms with Gasteiger partial charge < -0.3 is 19.2 Å². The third-order valence-electron chi connectivity index (χ3n) is 9.60. The Labute approximate surface area is 268 Å². The molecule has 2 aliphatic rings. The summed E-state index contributed by atoms with van der Waals surface area (Å²) < 4.78 is 10.3. The lowest BCUT2D eigenvalue weighted by molar-refractivity contribution is 0.0900. The highest BCUT2D eigenvalue weighted by Crippen LogP contribution is 2.51. The Morgan fingerprint density at radius 2 is 1.96 bits per heavy atom. The van der Waals surface area contributed by atoms with Gasteiger partial charge in [0.1, 0.15) is 24.6 Å². The van der Waals surface area contributed by atoms with Crippen LogP contribution in [0, 0.1) is 11.8 Å². The van der Waals surface area contributed by atoms with Gasteiger partial charge >= 0.3 is 0 Å². The monoisotopic (exact) mass is 627 g/mol. The largest absolute Gasteiger partial charge is 0.361 e. The molecule has 1 aromatic carbocycles. The number of hydrogen-bond donors (Lipinski definition) is 1. The molecule has 1 aliphatic carbocycles. The molecule has 4 heterocycles. The molecule has 0 spiro atoms. The lowest BCUT2D eigenvalue weighted by Gasteiger charge is -2.46. The van der Waals surface area contributed by atoms with Crippen LogP contribution in [-0.4, -0.2) is 62.9 Å². The van der Waals surface area contributed by atoms with Crippen molar-refractivity contribution in [2.75, 3.05) is 25.0 Å². The van der Waals surface area contributed by atoms with E-state index in [2.05, 4.69) is 70.6 Å². The highest BCUT2D eigenvalue weighted by Gasteiger charge is 2.48. The van der Waals surface area contributed by atoms with Crippen molar-refractivity contribution in [3.05, 3.63) is 71.6 Å². The van der Waals surface area contributed by atoms with Crippen LogP contribution in [0.1, 0.15) is 67.0 Å². The number of benzene rings is 1. The fourth-order valence-corrected chi connectivity index (χ4v) is 8.09. The van der Waals surface area contributed by atoms with Crippen molar-refractivity contribution in [1.29, 1.82) is 0 Å². The van der Waals surface area contributed by atoms with Gasteiger partial charge in [0.05, 0.1) is 16.4 Å². The fraction of sp³-hybridized carbons (Fsp3) is 0.543. The first-order chi connectivity index (χ1) is 21.5. The summed E-state index contributed by atoms with van der Waals surface area (Å²) in [4.78, 5) is 21.2. The number of piperidine rings is 1. The topological polar surface area (TPSA) is 90.1 Å². The maximum atomic E-state index is 13.8. The number of fused-ring (bicyclic) bond motifs is 1. The van der Waals surface area contributed by atoms with Gasteiger partial charge in [-0.2, -0.15) is 0 Å². The van der Waals surface area contributed by atoms with Gasteiger partial charge in [-0.1, -0.05) is 45.6 Å². The number of rotatable bonds is 11. The van der Waals surface area contributed by atoms with Gasteiger partial charge in [-0.15, -0.1) is 10.2 Å². The Morgan fingerprint density at radius 3 is 2.67 bits per heavy atom. The van der Waals surface area contributed by atoms with Crippen molar-refractivity contribution in [3.63, 3.8) is 0 Å². The molecule has 0 radical (unpaired) electrons. The summed E-state index contributed by atoms with van der Waals surface area (Å²) in [7, 11) is 0.832. The standard InChI is InChI=1S/C35H49N7O2Si/c1-25-9-8-13-41(21-25)22-27-17-31(38-30-12-14-42(32(27)30)24-44-15-16-45(4,5)6)33(43)37-29-11-7-10-28(18-29)35(19-26(2)20-35)34-39-36-23-40(34)3/h7,10-12,14,17-18,23,25-26H,8-9,13,15-16,19-22,24H2,1-6H3,(H,37,43)/t25-,26?,35?/m0/s1. The number of amides is 1. The summed E-state index contributed by atoms with van der Waals surface area (Å²) in [5.41, 5.74) is 5.17. The van der Waals surface area contributed by atoms with Crippen molar-refractivity contribution in [2.45, 2.75) is 83.9 Å². The molecule has 45 heavy (non-hydrogen) atoms. The first-order valence-corrected chi connectivity index (χ1v) is 20.3. The molecular formula is C35H49N7O2Si. The summed E-state index contributed by atoms with van der Waals surface area (Å²) in [6, 6.07) is 13.4. The maximum Gasteiger partial charge on any atom is 0.274 e. The summed E-state index contributed by atoms with van der Waals surface area (Å²) in [6.07, 6.45) is 8.30. The number of nitrogens with one attached hydrogen (secondary N) is 1. The minimum Gasteiger partial charge on any atom is -0.361 e. The molecular weight excluding hydrogens is 579 g/mol. The van der Waals surface area contributed by atoms with Crippen molar-refractivity contribution < 1.29 is 9.53 Å². The van der Waals surface area contributed by atoms with Crippen LogP contribution in [-0.2, 0) is 30.5 Å². The van der Waals surface area contributed by atoms with E-state index in [1.807, 2.05) is 42.1 Å². The molecule has 0 bridgehead atoms. The molecule has 10 heteroatoms. The van der Waals surface area contributed by atoms with Crippen LogP contribution < -0.4 is 5.32 Å². The Bertz CT molecular complexity index is 1650. The van der Waals surface area contributed by atoms with Crippen LogP contribution in [0.3, 0.4) is 0 Å². The van der Waals surface area contributed by atoms with E-state index in [4.69, 9.17) is 9.72 Å². The van der Waals surface area contributed by atoms with Gasteiger partial charge in [0.15, 0.2) is 0 Å². The second-order valence-corrected chi connectivity index (χ2v) is 20.5. The number of nitrogens with zero attached hydrogens (tertiary/aromatic N) is 6. The summed E-state index contributed by atoms with van der Waals surface area (Å²) in [5, 5.41) is 11.8. The van der Waals surface area contributed by atoms with Gasteiger partial charge in [0.25, 0.3) is 5.91 Å². The smallest absolute Gasteiger partial charge is 0.274 e. The SMILES string of the molecule is CC1CC(c2cccc(NC(=O)c3cc(CN4CCC[C@H](C)C4)c4c(ccn4COCC[Si](C)(C)C)n3)c2)(c2nncn2C)C1. The number of likely N-dealkylation sites (tertiary alicyclic amines) is 1. The lowest BCUT2D eigenvalue weighted by atomic mass is 9.58. The zero-order valence-corrected chi connectivity index (χ0v) is 28.8. The van der Waals surface area contributed by atoms with E-state index < -0.39 is 8.07 Å². The molecule has 1 amide bonds. The lowest BCUT2D eigenvalue weighted by Crippen LogP contribution is -2.43. The molecule has 1 aliphatic heterocycles. The summed E-state index contributed by atoms with van der Waals surface area (Å²) in [5.74, 6) is 2.06. The number of aromatic nitrogens is 5. The van der Waals surface area contributed by atoms with Crippen LogP contribution in [0.2, 0.25) is 25.7 Å². The average molecular weight is 628 g/mol. The van der Waals surface area contributed by atoms with Crippen molar-refractivity contribution in [1.82, 2.24) is 29.2 Å². The molecule has 9 nitrogen and oxygen atoms in total. The first kappa shape index (κ1) is 31.6. The van der Waals surface area contributed by atoms with Crippen molar-refractivity contribution >= 4 is 30.7 Å². The zero-order chi connectivity index (χ0) is 31.8. The Morgan fingerprint density at radius 1 is 1.13 bits per heavy atom. The third-order valence-corrected chi connectivity index (χ3v) is 11.3.